The molecule has 1 amide bonds. The van der Waals surface area contributed by atoms with E-state index < -0.39 is 0 Å². The summed E-state index contributed by atoms with van der Waals surface area (Å²) in [6.07, 6.45) is 0. The topological polar surface area (TPSA) is 75.6 Å². The van der Waals surface area contributed by atoms with E-state index >= 15 is 0 Å². The minimum absolute atomic E-state index is 0.0711. The molecule has 1 N–H and O–H groups in total. The van der Waals surface area contributed by atoms with Crippen LogP contribution in [0.1, 0.15) is 26.3 Å². The molecule has 0 saturated carbocycles. The van der Waals surface area contributed by atoms with Crippen molar-refractivity contribution in [1.82, 2.24) is 15.1 Å². The zero-order valence-electron chi connectivity index (χ0n) is 18.2. The zero-order valence-corrected chi connectivity index (χ0v) is 18.2. The van der Waals surface area contributed by atoms with Crippen LogP contribution in [0.5, 0.6) is 17.2 Å². The predicted octanol–water partition coefficient (Wildman–Crippen LogP) is 1.98. The van der Waals surface area contributed by atoms with Crippen molar-refractivity contribution in [3.05, 3.63) is 17.7 Å². The van der Waals surface area contributed by atoms with E-state index in [0.29, 0.717) is 49.4 Å². The third kappa shape index (κ3) is 5.94. The van der Waals surface area contributed by atoms with E-state index in [1.54, 1.807) is 26.2 Å². The van der Waals surface area contributed by atoms with Gasteiger partial charge in [-0.05, 0) is 32.9 Å². The van der Waals surface area contributed by atoms with Gasteiger partial charge in [0.2, 0.25) is 11.7 Å². The number of amides is 1. The number of nitrogens with zero attached hydrogens (tertiary/aromatic N) is 3. The zero-order chi connectivity index (χ0) is 21.1. The molecule has 0 heterocycles. The Morgan fingerprint density at radius 2 is 1.68 bits per heavy atom. The summed E-state index contributed by atoms with van der Waals surface area (Å²) >= 11 is 0. The number of likely N-dealkylation sites (N-methyl/N-ethyl adjacent to an activating group) is 2. The second-order valence-corrected chi connectivity index (χ2v) is 6.09. The van der Waals surface area contributed by atoms with Crippen molar-refractivity contribution in [1.29, 1.82) is 0 Å². The van der Waals surface area contributed by atoms with Gasteiger partial charge >= 0.3 is 0 Å². The molecule has 0 fully saturated rings. The molecule has 0 saturated heterocycles. The van der Waals surface area contributed by atoms with Crippen molar-refractivity contribution < 1.29 is 19.0 Å². The van der Waals surface area contributed by atoms with Gasteiger partial charge in [0.1, 0.15) is 0 Å². The molecule has 28 heavy (non-hydrogen) atoms. The number of aliphatic imine (C=N–C) groups is 1. The van der Waals surface area contributed by atoms with Gasteiger partial charge in [-0.2, -0.15) is 0 Å². The summed E-state index contributed by atoms with van der Waals surface area (Å²) in [5.74, 6) is 2.44. The monoisotopic (exact) mass is 394 g/mol. The highest BCUT2D eigenvalue weighted by Crippen LogP contribution is 2.39. The second kappa shape index (κ2) is 11.9. The summed E-state index contributed by atoms with van der Waals surface area (Å²) < 4.78 is 16.3. The quantitative estimate of drug-likeness (QED) is 0.483. The van der Waals surface area contributed by atoms with Crippen LogP contribution >= 0.6 is 0 Å². The standard InChI is InChI=1S/C20H34N4O4/c1-8-21-20(23(4)14-17(25)24(9-2)10-3)22-13-15-11-12-16(26-5)19(28-7)18(15)27-6/h11-12H,8-10,13-14H2,1-7H3,(H,21,22). The van der Waals surface area contributed by atoms with Crippen LogP contribution in [0.25, 0.3) is 0 Å². The van der Waals surface area contributed by atoms with Gasteiger partial charge < -0.3 is 29.3 Å². The Hall–Kier alpha value is -2.64. The molecular formula is C20H34N4O4. The number of carbonyl (C=O) groups excluding carboxylic acids is 1. The Balaban J connectivity index is 3.05. The van der Waals surface area contributed by atoms with Gasteiger partial charge in [0, 0.05) is 32.2 Å². The summed E-state index contributed by atoms with van der Waals surface area (Å²) in [6.45, 7) is 8.66. The molecule has 0 unspecified atom stereocenters. The van der Waals surface area contributed by atoms with Crippen LogP contribution in [0.4, 0.5) is 0 Å². The average Bonchev–Trinajstić information content (AvgIpc) is 2.70. The molecular weight excluding hydrogens is 360 g/mol. The molecule has 8 heteroatoms. The highest BCUT2D eigenvalue weighted by atomic mass is 16.5. The summed E-state index contributed by atoms with van der Waals surface area (Å²) in [5, 5.41) is 3.23. The van der Waals surface area contributed by atoms with Gasteiger partial charge in [0.15, 0.2) is 17.5 Å². The lowest BCUT2D eigenvalue weighted by Crippen LogP contribution is -2.45. The Kier molecular flexibility index (Phi) is 9.98. The first-order valence-electron chi connectivity index (χ1n) is 9.52. The molecule has 0 bridgehead atoms. The molecule has 1 rings (SSSR count). The third-order valence-corrected chi connectivity index (χ3v) is 4.37. The summed E-state index contributed by atoms with van der Waals surface area (Å²) in [5.41, 5.74) is 0.860. The Morgan fingerprint density at radius 1 is 1.04 bits per heavy atom. The fourth-order valence-corrected chi connectivity index (χ4v) is 2.87. The lowest BCUT2D eigenvalue weighted by Gasteiger charge is -2.25. The number of hydrogen-bond donors (Lipinski definition) is 1. The Bertz CT molecular complexity index is 660. The van der Waals surface area contributed by atoms with E-state index in [4.69, 9.17) is 14.2 Å². The van der Waals surface area contributed by atoms with E-state index in [2.05, 4.69) is 10.3 Å². The van der Waals surface area contributed by atoms with Gasteiger partial charge in [-0.1, -0.05) is 0 Å². The van der Waals surface area contributed by atoms with Crippen LogP contribution in [0.2, 0.25) is 0 Å². The molecule has 0 atom stereocenters. The van der Waals surface area contributed by atoms with Crippen molar-refractivity contribution >= 4 is 11.9 Å². The van der Waals surface area contributed by atoms with Crippen LogP contribution < -0.4 is 19.5 Å². The molecule has 1 aromatic rings. The predicted molar refractivity (Wildman–Crippen MR) is 111 cm³/mol. The molecule has 8 nitrogen and oxygen atoms in total. The maximum Gasteiger partial charge on any atom is 0.242 e. The van der Waals surface area contributed by atoms with E-state index in [9.17, 15) is 4.79 Å². The number of methoxy groups -OCH3 is 3. The van der Waals surface area contributed by atoms with E-state index in [1.165, 1.54) is 0 Å². The number of nitrogens with one attached hydrogen (secondary N) is 1. The smallest absolute Gasteiger partial charge is 0.242 e. The number of rotatable bonds is 10. The van der Waals surface area contributed by atoms with E-state index in [1.807, 2.05) is 44.9 Å². The van der Waals surface area contributed by atoms with Crippen molar-refractivity contribution in [2.45, 2.75) is 27.3 Å². The number of benzene rings is 1. The number of carbonyl (C=O) groups is 1. The van der Waals surface area contributed by atoms with E-state index in [0.717, 1.165) is 5.56 Å². The summed E-state index contributed by atoms with van der Waals surface area (Å²) in [6, 6.07) is 3.72. The van der Waals surface area contributed by atoms with Crippen LogP contribution in [0, 0.1) is 0 Å². The third-order valence-electron chi connectivity index (χ3n) is 4.37. The first-order valence-corrected chi connectivity index (χ1v) is 9.52. The summed E-state index contributed by atoms with van der Waals surface area (Å²) in [7, 11) is 6.60. The highest BCUT2D eigenvalue weighted by Gasteiger charge is 2.17. The molecule has 0 aliphatic rings. The van der Waals surface area contributed by atoms with Crippen molar-refractivity contribution in [2.75, 3.05) is 54.6 Å². The largest absolute Gasteiger partial charge is 0.493 e. The normalized spacial score (nSPS) is 11.0. The van der Waals surface area contributed by atoms with Crippen LogP contribution in [-0.4, -0.2) is 76.2 Å². The van der Waals surface area contributed by atoms with Crippen LogP contribution in [0.3, 0.4) is 0 Å². The maximum atomic E-state index is 12.4. The number of guanidine groups is 1. The summed E-state index contributed by atoms with van der Waals surface area (Å²) in [4.78, 5) is 20.7. The van der Waals surface area contributed by atoms with Gasteiger partial charge in [0.05, 0.1) is 34.4 Å². The van der Waals surface area contributed by atoms with Gasteiger partial charge in [0.25, 0.3) is 0 Å². The van der Waals surface area contributed by atoms with Crippen LogP contribution in [-0.2, 0) is 11.3 Å². The lowest BCUT2D eigenvalue weighted by molar-refractivity contribution is -0.131. The van der Waals surface area contributed by atoms with Crippen molar-refractivity contribution in [3.63, 3.8) is 0 Å². The molecule has 0 aliphatic heterocycles. The minimum atomic E-state index is 0.0711. The van der Waals surface area contributed by atoms with Crippen LogP contribution in [0.15, 0.2) is 17.1 Å². The Labute approximate surface area is 168 Å². The first-order chi connectivity index (χ1) is 13.5. The average molecular weight is 395 g/mol. The van der Waals surface area contributed by atoms with Crippen molar-refractivity contribution in [2.24, 2.45) is 4.99 Å². The maximum absolute atomic E-state index is 12.4. The molecule has 0 radical (unpaired) electrons. The SMILES string of the molecule is CCNC(=NCc1ccc(OC)c(OC)c1OC)N(C)CC(=O)N(CC)CC. The Morgan fingerprint density at radius 3 is 2.18 bits per heavy atom. The minimum Gasteiger partial charge on any atom is -0.493 e. The van der Waals surface area contributed by atoms with Gasteiger partial charge in [-0.3, -0.25) is 4.79 Å². The molecule has 0 spiro atoms. The number of ether oxygens (including phenoxy) is 3. The highest BCUT2D eigenvalue weighted by molar-refractivity contribution is 5.86. The van der Waals surface area contributed by atoms with Crippen molar-refractivity contribution in [3.8, 4) is 17.2 Å². The van der Waals surface area contributed by atoms with Gasteiger partial charge in [-0.25, -0.2) is 4.99 Å². The fraction of sp³-hybridized carbons (Fsp3) is 0.600. The second-order valence-electron chi connectivity index (χ2n) is 6.09. The van der Waals surface area contributed by atoms with E-state index in [-0.39, 0.29) is 12.5 Å². The lowest BCUT2D eigenvalue weighted by atomic mass is 10.1. The molecule has 158 valence electrons. The number of hydrogen-bond acceptors (Lipinski definition) is 5. The molecule has 0 aliphatic carbocycles. The van der Waals surface area contributed by atoms with Gasteiger partial charge in [-0.15, -0.1) is 0 Å². The molecule has 0 aromatic heterocycles. The first kappa shape index (κ1) is 23.4. The fourth-order valence-electron chi connectivity index (χ4n) is 2.87. The molecule has 1 aromatic carbocycles.